The number of aliphatic hydroxyl groups excluding tert-OH is 1. The average Bonchev–Trinajstić information content (AvgIpc) is 3.03. The molecule has 2 aromatic rings. The molecule has 1 aliphatic rings. The van der Waals surface area contributed by atoms with Crippen molar-refractivity contribution in [1.29, 1.82) is 0 Å². The third-order valence-corrected chi connectivity index (χ3v) is 6.45. The van der Waals surface area contributed by atoms with Gasteiger partial charge in [-0.15, -0.1) is 0 Å². The summed E-state index contributed by atoms with van der Waals surface area (Å²) < 4.78 is 0.619. The Kier molecular flexibility index (Phi) is 7.98. The topological polar surface area (TPSA) is 81.1 Å². The third kappa shape index (κ3) is 5.00. The van der Waals surface area contributed by atoms with Crippen molar-refractivity contribution in [2.75, 3.05) is 26.2 Å². The Morgan fingerprint density at radius 1 is 1.12 bits per heavy atom. The van der Waals surface area contributed by atoms with Crippen molar-refractivity contribution in [3.8, 4) is 5.75 Å². The van der Waals surface area contributed by atoms with Gasteiger partial charge in [-0.3, -0.25) is 9.59 Å². The summed E-state index contributed by atoms with van der Waals surface area (Å²) in [4.78, 5) is 29.8. The Morgan fingerprint density at radius 3 is 2.41 bits per heavy atom. The summed E-state index contributed by atoms with van der Waals surface area (Å²) in [5.74, 6) is -2.04. The van der Waals surface area contributed by atoms with Crippen LogP contribution in [-0.2, 0) is 9.59 Å². The molecule has 0 aliphatic carbocycles. The lowest BCUT2D eigenvalue weighted by atomic mass is 9.95. The first-order valence-corrected chi connectivity index (χ1v) is 11.7. The monoisotopic (exact) mass is 520 g/mol. The number of ketones is 1. The molecular formula is C24H26BrClN2O4. The minimum absolute atomic E-state index is 0.0476. The van der Waals surface area contributed by atoms with E-state index < -0.39 is 23.5 Å². The lowest BCUT2D eigenvalue weighted by molar-refractivity contribution is -0.140. The van der Waals surface area contributed by atoms with Crippen LogP contribution in [0.2, 0.25) is 5.02 Å². The fourth-order valence-electron chi connectivity index (χ4n) is 3.95. The normalized spacial score (nSPS) is 18.0. The second-order valence-corrected chi connectivity index (χ2v) is 8.94. The largest absolute Gasteiger partial charge is 0.507 e. The van der Waals surface area contributed by atoms with Crippen molar-refractivity contribution in [2.45, 2.75) is 26.3 Å². The lowest BCUT2D eigenvalue weighted by Gasteiger charge is -2.27. The number of rotatable bonds is 8. The van der Waals surface area contributed by atoms with Crippen LogP contribution in [0.3, 0.4) is 0 Å². The molecule has 3 rings (SSSR count). The van der Waals surface area contributed by atoms with Crippen molar-refractivity contribution in [3.63, 3.8) is 0 Å². The predicted molar refractivity (Wildman–Crippen MR) is 129 cm³/mol. The zero-order valence-electron chi connectivity index (χ0n) is 18.0. The minimum Gasteiger partial charge on any atom is -0.507 e. The fourth-order valence-corrected chi connectivity index (χ4v) is 4.44. The van der Waals surface area contributed by atoms with Gasteiger partial charge in [0.1, 0.15) is 11.5 Å². The Morgan fingerprint density at radius 2 is 1.78 bits per heavy atom. The number of carbonyl (C=O) groups is 2. The molecule has 0 radical (unpaired) electrons. The number of aromatic hydroxyl groups is 1. The summed E-state index contributed by atoms with van der Waals surface area (Å²) in [6.07, 6.45) is 0.682. The van der Waals surface area contributed by atoms with Crippen LogP contribution in [0.15, 0.2) is 52.5 Å². The first-order valence-electron chi connectivity index (χ1n) is 10.5. The molecule has 0 bridgehead atoms. The molecule has 0 saturated carbocycles. The molecule has 1 heterocycles. The van der Waals surface area contributed by atoms with Crippen molar-refractivity contribution in [1.82, 2.24) is 9.80 Å². The Hall–Kier alpha value is -2.35. The summed E-state index contributed by atoms with van der Waals surface area (Å²) >= 11 is 9.36. The van der Waals surface area contributed by atoms with E-state index >= 15 is 0 Å². The lowest BCUT2D eigenvalue weighted by Crippen LogP contribution is -2.33. The van der Waals surface area contributed by atoms with Crippen LogP contribution in [0.25, 0.3) is 5.76 Å². The number of phenols is 1. The number of likely N-dealkylation sites (tertiary alicyclic amines) is 1. The zero-order valence-corrected chi connectivity index (χ0v) is 20.4. The number of amides is 1. The number of benzene rings is 2. The maximum Gasteiger partial charge on any atom is 0.295 e. The summed E-state index contributed by atoms with van der Waals surface area (Å²) in [7, 11) is 0. The van der Waals surface area contributed by atoms with Crippen LogP contribution in [0.1, 0.15) is 37.4 Å². The highest BCUT2D eigenvalue weighted by atomic mass is 79.9. The Labute approximate surface area is 201 Å². The molecule has 0 aromatic heterocycles. The standard InChI is InChI=1S/C24H26BrClN2O4/c1-3-27(4-2)12-5-13-28-21(15-6-9-17(26)10-7-15)20(23(31)24(28)32)22(30)18-14-16(25)8-11-19(18)29/h6-11,14,21,29-30H,3-5,12-13H2,1-2H3/t21-/m1/s1. The molecule has 1 amide bonds. The van der Waals surface area contributed by atoms with Crippen molar-refractivity contribution < 1.29 is 19.8 Å². The number of hydrogen-bond acceptors (Lipinski definition) is 5. The van der Waals surface area contributed by atoms with Gasteiger partial charge in [-0.1, -0.05) is 53.5 Å². The van der Waals surface area contributed by atoms with E-state index in [1.807, 2.05) is 0 Å². The number of halogens is 2. The van der Waals surface area contributed by atoms with Crippen LogP contribution in [0.4, 0.5) is 0 Å². The molecule has 6 nitrogen and oxygen atoms in total. The van der Waals surface area contributed by atoms with Crippen LogP contribution in [-0.4, -0.2) is 57.9 Å². The molecule has 1 atom stereocenters. The van der Waals surface area contributed by atoms with E-state index in [4.69, 9.17) is 11.6 Å². The van der Waals surface area contributed by atoms with Crippen LogP contribution < -0.4 is 0 Å². The van der Waals surface area contributed by atoms with Gasteiger partial charge in [0.05, 0.1) is 17.2 Å². The van der Waals surface area contributed by atoms with Gasteiger partial charge in [-0.05, 0) is 62.0 Å². The number of Topliss-reactive ketones (excluding diaryl/α,β-unsaturated/α-hetero) is 1. The van der Waals surface area contributed by atoms with Gasteiger partial charge in [-0.25, -0.2) is 0 Å². The first kappa shape index (κ1) is 24.3. The van der Waals surface area contributed by atoms with Crippen molar-refractivity contribution >= 4 is 45.0 Å². The molecule has 2 N–H and O–H groups in total. The van der Waals surface area contributed by atoms with E-state index in [1.165, 1.54) is 17.0 Å². The van der Waals surface area contributed by atoms with E-state index in [-0.39, 0.29) is 16.9 Å². The number of aliphatic hydroxyl groups is 1. The highest BCUT2D eigenvalue weighted by Gasteiger charge is 2.46. The molecular weight excluding hydrogens is 496 g/mol. The van der Waals surface area contributed by atoms with E-state index in [1.54, 1.807) is 30.3 Å². The molecule has 170 valence electrons. The van der Waals surface area contributed by atoms with E-state index in [0.29, 0.717) is 28.0 Å². The Bertz CT molecular complexity index is 1030. The van der Waals surface area contributed by atoms with Crippen LogP contribution in [0.5, 0.6) is 5.75 Å². The number of phenolic OH excluding ortho intramolecular Hbond substituents is 1. The molecule has 0 unspecified atom stereocenters. The quantitative estimate of drug-likeness (QED) is 0.291. The summed E-state index contributed by atoms with van der Waals surface area (Å²) in [6, 6.07) is 10.6. The fraction of sp³-hybridized carbons (Fsp3) is 0.333. The van der Waals surface area contributed by atoms with Crippen LogP contribution in [0, 0.1) is 0 Å². The summed E-state index contributed by atoms with van der Waals surface area (Å²) in [5, 5.41) is 21.9. The number of hydrogen-bond donors (Lipinski definition) is 2. The van der Waals surface area contributed by atoms with E-state index in [0.717, 1.165) is 19.6 Å². The van der Waals surface area contributed by atoms with Crippen molar-refractivity contribution in [2.24, 2.45) is 0 Å². The van der Waals surface area contributed by atoms with Crippen LogP contribution >= 0.6 is 27.5 Å². The average molecular weight is 522 g/mol. The molecule has 1 fully saturated rings. The molecule has 1 aliphatic heterocycles. The van der Waals surface area contributed by atoms with E-state index in [2.05, 4.69) is 34.7 Å². The number of nitrogens with zero attached hydrogens (tertiary/aromatic N) is 2. The summed E-state index contributed by atoms with van der Waals surface area (Å²) in [5.41, 5.74) is 0.695. The number of carbonyl (C=O) groups excluding carboxylic acids is 2. The van der Waals surface area contributed by atoms with Gasteiger partial charge in [0, 0.05) is 16.0 Å². The smallest absolute Gasteiger partial charge is 0.295 e. The first-order chi connectivity index (χ1) is 15.3. The van der Waals surface area contributed by atoms with E-state index in [9.17, 15) is 19.8 Å². The second-order valence-electron chi connectivity index (χ2n) is 7.59. The highest BCUT2D eigenvalue weighted by Crippen LogP contribution is 2.41. The molecule has 0 spiro atoms. The Balaban J connectivity index is 2.06. The van der Waals surface area contributed by atoms with Gasteiger partial charge in [-0.2, -0.15) is 0 Å². The SMILES string of the molecule is CCN(CC)CCCN1C(=O)C(=O)C(=C(O)c2cc(Br)ccc2O)[C@H]1c1ccc(Cl)cc1. The van der Waals surface area contributed by atoms with Gasteiger partial charge in [0.2, 0.25) is 0 Å². The van der Waals surface area contributed by atoms with Gasteiger partial charge < -0.3 is 20.0 Å². The third-order valence-electron chi connectivity index (χ3n) is 5.71. The molecule has 8 heteroatoms. The highest BCUT2D eigenvalue weighted by molar-refractivity contribution is 9.10. The molecule has 1 saturated heterocycles. The molecule has 32 heavy (non-hydrogen) atoms. The molecule has 2 aromatic carbocycles. The van der Waals surface area contributed by atoms with Gasteiger partial charge in [0.25, 0.3) is 11.7 Å². The van der Waals surface area contributed by atoms with Gasteiger partial charge in [0.15, 0.2) is 0 Å². The predicted octanol–water partition coefficient (Wildman–Crippen LogP) is 4.96. The zero-order chi connectivity index (χ0) is 23.4. The second kappa shape index (κ2) is 10.5. The van der Waals surface area contributed by atoms with Gasteiger partial charge >= 0.3 is 0 Å². The van der Waals surface area contributed by atoms with Crippen molar-refractivity contribution in [3.05, 3.63) is 68.7 Å². The summed E-state index contributed by atoms with van der Waals surface area (Å²) in [6.45, 7) is 7.10. The maximum absolute atomic E-state index is 13.0. The minimum atomic E-state index is -0.776. The maximum atomic E-state index is 13.0.